The number of nitrogens with one attached hydrogen (secondary N) is 1. The molecule has 2 aromatic rings. The van der Waals surface area contributed by atoms with Gasteiger partial charge in [-0.2, -0.15) is 0 Å². The quantitative estimate of drug-likeness (QED) is 0.894. The molecule has 27 heavy (non-hydrogen) atoms. The Kier molecular flexibility index (Phi) is 5.89. The van der Waals surface area contributed by atoms with E-state index in [9.17, 15) is 14.0 Å². The number of carbonyl (C=O) groups excluding carboxylic acids is 2. The van der Waals surface area contributed by atoms with Crippen LogP contribution in [0.5, 0.6) is 0 Å². The smallest absolute Gasteiger partial charge is 0.253 e. The van der Waals surface area contributed by atoms with Crippen LogP contribution in [-0.2, 0) is 0 Å². The predicted octanol–water partition coefficient (Wildman–Crippen LogP) is 3.72. The first-order valence-electron chi connectivity index (χ1n) is 9.34. The molecule has 1 atom stereocenters. The van der Waals surface area contributed by atoms with E-state index in [2.05, 4.69) is 5.32 Å². The number of carbonyl (C=O) groups is 2. The van der Waals surface area contributed by atoms with E-state index in [-0.39, 0.29) is 23.5 Å². The lowest BCUT2D eigenvalue weighted by Gasteiger charge is -2.33. The lowest BCUT2D eigenvalue weighted by molar-refractivity contribution is 0.0671. The fraction of sp³-hybridized carbons (Fsp3) is 0.364. The van der Waals surface area contributed by atoms with Gasteiger partial charge in [-0.1, -0.05) is 6.07 Å². The van der Waals surface area contributed by atoms with Crippen LogP contribution in [0.15, 0.2) is 42.5 Å². The number of amides is 2. The largest absolute Gasteiger partial charge is 0.352 e. The predicted molar refractivity (Wildman–Crippen MR) is 103 cm³/mol. The Hall–Kier alpha value is -2.69. The molecule has 1 N–H and O–H groups in total. The van der Waals surface area contributed by atoms with Crippen molar-refractivity contribution in [2.24, 2.45) is 5.92 Å². The number of hydrogen-bond acceptors (Lipinski definition) is 2. The summed E-state index contributed by atoms with van der Waals surface area (Å²) in [4.78, 5) is 26.9. The SMILES string of the molecule is Cc1ccc(C(=O)N2CCC[C@@H](CNC(=O)c3ccc(F)cc3)C2)cc1C. The van der Waals surface area contributed by atoms with Crippen LogP contribution in [0.1, 0.15) is 44.7 Å². The van der Waals surface area contributed by atoms with Crippen LogP contribution >= 0.6 is 0 Å². The summed E-state index contributed by atoms with van der Waals surface area (Å²) in [6, 6.07) is 11.3. The summed E-state index contributed by atoms with van der Waals surface area (Å²) in [6.45, 7) is 5.93. The molecular formula is C22H25FN2O2. The van der Waals surface area contributed by atoms with Crippen molar-refractivity contribution in [3.8, 4) is 0 Å². The maximum Gasteiger partial charge on any atom is 0.253 e. The highest BCUT2D eigenvalue weighted by Gasteiger charge is 2.25. The van der Waals surface area contributed by atoms with Gasteiger partial charge in [0.05, 0.1) is 0 Å². The van der Waals surface area contributed by atoms with E-state index in [1.54, 1.807) is 0 Å². The van der Waals surface area contributed by atoms with Crippen LogP contribution in [0.3, 0.4) is 0 Å². The zero-order valence-electron chi connectivity index (χ0n) is 15.8. The third-order valence-electron chi connectivity index (χ3n) is 5.22. The molecule has 0 radical (unpaired) electrons. The second-order valence-electron chi connectivity index (χ2n) is 7.28. The van der Waals surface area contributed by atoms with Crippen molar-refractivity contribution in [3.05, 3.63) is 70.5 Å². The highest BCUT2D eigenvalue weighted by atomic mass is 19.1. The van der Waals surface area contributed by atoms with Crippen molar-refractivity contribution < 1.29 is 14.0 Å². The van der Waals surface area contributed by atoms with E-state index in [1.165, 1.54) is 29.8 Å². The van der Waals surface area contributed by atoms with Crippen molar-refractivity contribution >= 4 is 11.8 Å². The maximum atomic E-state index is 13.0. The van der Waals surface area contributed by atoms with Gasteiger partial charge in [0.1, 0.15) is 5.82 Å². The summed E-state index contributed by atoms with van der Waals surface area (Å²) in [5.74, 6) is -0.307. The van der Waals surface area contributed by atoms with Gasteiger partial charge >= 0.3 is 0 Å². The first-order valence-corrected chi connectivity index (χ1v) is 9.34. The molecule has 0 saturated carbocycles. The van der Waals surface area contributed by atoms with Gasteiger partial charge < -0.3 is 10.2 Å². The molecule has 1 saturated heterocycles. The second-order valence-corrected chi connectivity index (χ2v) is 7.28. The van der Waals surface area contributed by atoms with Crippen molar-refractivity contribution in [2.75, 3.05) is 19.6 Å². The number of benzene rings is 2. The van der Waals surface area contributed by atoms with Gasteiger partial charge in [0, 0.05) is 30.8 Å². The molecule has 0 aliphatic carbocycles. The molecule has 1 heterocycles. The minimum absolute atomic E-state index is 0.0488. The molecule has 1 aliphatic heterocycles. The van der Waals surface area contributed by atoms with Crippen molar-refractivity contribution in [1.29, 1.82) is 0 Å². The Morgan fingerprint density at radius 3 is 2.48 bits per heavy atom. The van der Waals surface area contributed by atoms with E-state index in [0.717, 1.165) is 24.9 Å². The number of aryl methyl sites for hydroxylation is 2. The molecule has 0 unspecified atom stereocenters. The van der Waals surface area contributed by atoms with E-state index >= 15 is 0 Å². The van der Waals surface area contributed by atoms with Crippen LogP contribution in [0.4, 0.5) is 4.39 Å². The third kappa shape index (κ3) is 4.73. The zero-order chi connectivity index (χ0) is 19.4. The summed E-state index contributed by atoms with van der Waals surface area (Å²) >= 11 is 0. The molecule has 2 amide bonds. The summed E-state index contributed by atoms with van der Waals surface area (Å²) in [5.41, 5.74) is 3.44. The van der Waals surface area contributed by atoms with Gasteiger partial charge in [0.15, 0.2) is 0 Å². The molecule has 0 bridgehead atoms. The third-order valence-corrected chi connectivity index (χ3v) is 5.22. The normalized spacial score (nSPS) is 16.9. The van der Waals surface area contributed by atoms with Crippen molar-refractivity contribution in [3.63, 3.8) is 0 Å². The lowest BCUT2D eigenvalue weighted by Crippen LogP contribution is -2.43. The minimum atomic E-state index is -0.362. The van der Waals surface area contributed by atoms with Crippen molar-refractivity contribution in [1.82, 2.24) is 10.2 Å². The Morgan fingerprint density at radius 2 is 1.78 bits per heavy atom. The molecule has 142 valence electrons. The van der Waals surface area contributed by atoms with E-state index in [0.29, 0.717) is 24.2 Å². The fourth-order valence-corrected chi connectivity index (χ4v) is 3.41. The number of likely N-dealkylation sites (tertiary alicyclic amines) is 1. The van der Waals surface area contributed by atoms with Crippen LogP contribution in [0.2, 0.25) is 0 Å². The average Bonchev–Trinajstić information content (AvgIpc) is 2.68. The number of piperidine rings is 1. The van der Waals surface area contributed by atoms with Gasteiger partial charge in [-0.05, 0) is 80.1 Å². The van der Waals surface area contributed by atoms with E-state index < -0.39 is 0 Å². The molecule has 0 aromatic heterocycles. The van der Waals surface area contributed by atoms with Crippen LogP contribution < -0.4 is 5.32 Å². The topological polar surface area (TPSA) is 49.4 Å². The monoisotopic (exact) mass is 368 g/mol. The average molecular weight is 368 g/mol. The Balaban J connectivity index is 1.57. The minimum Gasteiger partial charge on any atom is -0.352 e. The highest BCUT2D eigenvalue weighted by Crippen LogP contribution is 2.19. The van der Waals surface area contributed by atoms with Crippen LogP contribution in [0.25, 0.3) is 0 Å². The Morgan fingerprint density at radius 1 is 1.07 bits per heavy atom. The lowest BCUT2D eigenvalue weighted by atomic mass is 9.96. The number of hydrogen-bond donors (Lipinski definition) is 1. The van der Waals surface area contributed by atoms with Crippen molar-refractivity contribution in [2.45, 2.75) is 26.7 Å². The van der Waals surface area contributed by atoms with E-state index in [4.69, 9.17) is 0 Å². The molecule has 5 heteroatoms. The summed E-state index contributed by atoms with van der Waals surface area (Å²) < 4.78 is 13.0. The summed E-state index contributed by atoms with van der Waals surface area (Å²) in [6.07, 6.45) is 1.90. The van der Waals surface area contributed by atoms with Gasteiger partial charge in [-0.3, -0.25) is 9.59 Å². The first-order chi connectivity index (χ1) is 12.9. The van der Waals surface area contributed by atoms with Gasteiger partial charge in [0.2, 0.25) is 0 Å². The molecule has 1 aliphatic rings. The Labute approximate surface area is 159 Å². The van der Waals surface area contributed by atoms with Gasteiger partial charge in [-0.15, -0.1) is 0 Å². The van der Waals surface area contributed by atoms with Gasteiger partial charge in [-0.25, -0.2) is 4.39 Å². The van der Waals surface area contributed by atoms with Crippen LogP contribution in [-0.4, -0.2) is 36.3 Å². The summed E-state index contributed by atoms with van der Waals surface area (Å²) in [7, 11) is 0. The highest BCUT2D eigenvalue weighted by molar-refractivity contribution is 5.95. The summed E-state index contributed by atoms with van der Waals surface area (Å²) in [5, 5.41) is 2.90. The second kappa shape index (κ2) is 8.33. The Bertz CT molecular complexity index is 833. The number of nitrogens with zero attached hydrogens (tertiary/aromatic N) is 1. The first kappa shape index (κ1) is 19.1. The van der Waals surface area contributed by atoms with Crippen LogP contribution in [0, 0.1) is 25.6 Å². The zero-order valence-corrected chi connectivity index (χ0v) is 15.8. The molecular weight excluding hydrogens is 343 g/mol. The molecule has 3 rings (SSSR count). The maximum absolute atomic E-state index is 13.0. The molecule has 1 fully saturated rings. The molecule has 0 spiro atoms. The number of halogens is 1. The van der Waals surface area contributed by atoms with Gasteiger partial charge in [0.25, 0.3) is 11.8 Å². The molecule has 4 nitrogen and oxygen atoms in total. The molecule has 2 aromatic carbocycles. The standard InChI is InChI=1S/C22H25FN2O2/c1-15-5-6-19(12-16(15)2)22(27)25-11-3-4-17(14-25)13-24-21(26)18-7-9-20(23)10-8-18/h5-10,12,17H,3-4,11,13-14H2,1-2H3,(H,24,26)/t17-/m0/s1. The van der Waals surface area contributed by atoms with E-state index in [1.807, 2.05) is 36.9 Å². The number of rotatable bonds is 4. The fourth-order valence-electron chi connectivity index (χ4n) is 3.41.